The molecule has 0 spiro atoms. The van der Waals surface area contributed by atoms with E-state index in [0.29, 0.717) is 13.0 Å². The Kier molecular flexibility index (Phi) is 5.88. The van der Waals surface area contributed by atoms with Crippen LogP contribution in [-0.4, -0.2) is 12.5 Å². The van der Waals surface area contributed by atoms with Crippen molar-refractivity contribution in [2.75, 3.05) is 6.54 Å². The molecular formula is C15H19NO. The first kappa shape index (κ1) is 13.3. The molecule has 0 atom stereocenters. The van der Waals surface area contributed by atoms with Crippen molar-refractivity contribution in [3.63, 3.8) is 0 Å². The van der Waals surface area contributed by atoms with Crippen LogP contribution in [0, 0.1) is 18.8 Å². The van der Waals surface area contributed by atoms with Crippen LogP contribution in [0.3, 0.4) is 0 Å². The van der Waals surface area contributed by atoms with Gasteiger partial charge in [0.15, 0.2) is 0 Å². The van der Waals surface area contributed by atoms with Gasteiger partial charge in [-0.15, -0.1) is 11.8 Å². The Balaban J connectivity index is 2.28. The van der Waals surface area contributed by atoms with E-state index in [1.807, 2.05) is 12.1 Å². The molecular weight excluding hydrogens is 210 g/mol. The van der Waals surface area contributed by atoms with Crippen LogP contribution < -0.4 is 5.32 Å². The lowest BCUT2D eigenvalue weighted by Crippen LogP contribution is -2.24. The molecule has 1 amide bonds. The maximum absolute atomic E-state index is 11.5. The highest BCUT2D eigenvalue weighted by Crippen LogP contribution is 2.09. The van der Waals surface area contributed by atoms with Crippen molar-refractivity contribution in [2.45, 2.75) is 33.1 Å². The van der Waals surface area contributed by atoms with Crippen molar-refractivity contribution in [1.29, 1.82) is 0 Å². The monoisotopic (exact) mass is 229 g/mol. The van der Waals surface area contributed by atoms with Crippen molar-refractivity contribution < 1.29 is 4.79 Å². The first-order valence-corrected chi connectivity index (χ1v) is 5.95. The average Bonchev–Trinajstić information content (AvgIpc) is 2.34. The number of rotatable bonds is 5. The second-order valence-corrected chi connectivity index (χ2v) is 3.95. The predicted octanol–water partition coefficient (Wildman–Crippen LogP) is 2.46. The molecule has 0 aliphatic rings. The third-order valence-electron chi connectivity index (χ3n) is 2.63. The average molecular weight is 229 g/mol. The van der Waals surface area contributed by atoms with Crippen LogP contribution in [0.4, 0.5) is 0 Å². The van der Waals surface area contributed by atoms with Crippen molar-refractivity contribution >= 4 is 5.91 Å². The van der Waals surface area contributed by atoms with Gasteiger partial charge in [0, 0.05) is 19.4 Å². The third-order valence-corrected chi connectivity index (χ3v) is 2.63. The van der Waals surface area contributed by atoms with E-state index in [9.17, 15) is 4.79 Å². The molecule has 2 nitrogen and oxygen atoms in total. The lowest BCUT2D eigenvalue weighted by atomic mass is 10.0. The van der Waals surface area contributed by atoms with Gasteiger partial charge >= 0.3 is 0 Å². The molecule has 1 aromatic carbocycles. The van der Waals surface area contributed by atoms with Crippen LogP contribution in [0.25, 0.3) is 0 Å². The number of hydrogen-bond donors (Lipinski definition) is 1. The molecule has 0 saturated carbocycles. The van der Waals surface area contributed by atoms with E-state index in [4.69, 9.17) is 0 Å². The summed E-state index contributed by atoms with van der Waals surface area (Å²) in [6, 6.07) is 8.18. The zero-order valence-electron chi connectivity index (χ0n) is 10.5. The van der Waals surface area contributed by atoms with Crippen LogP contribution in [0.2, 0.25) is 0 Å². The highest BCUT2D eigenvalue weighted by Gasteiger charge is 2.02. The molecule has 17 heavy (non-hydrogen) atoms. The Bertz CT molecular complexity index is 426. The van der Waals surface area contributed by atoms with E-state index >= 15 is 0 Å². The number of hydrogen-bond acceptors (Lipinski definition) is 1. The van der Waals surface area contributed by atoms with Crippen molar-refractivity contribution in [3.05, 3.63) is 35.4 Å². The summed E-state index contributed by atoms with van der Waals surface area (Å²) in [6.45, 7) is 4.53. The van der Waals surface area contributed by atoms with Gasteiger partial charge in [0.1, 0.15) is 0 Å². The molecule has 1 aromatic rings. The lowest BCUT2D eigenvalue weighted by Gasteiger charge is -2.05. The topological polar surface area (TPSA) is 29.1 Å². The Labute approximate surface area is 103 Å². The summed E-state index contributed by atoms with van der Waals surface area (Å²) >= 11 is 0. The quantitative estimate of drug-likeness (QED) is 0.610. The van der Waals surface area contributed by atoms with Crippen LogP contribution in [0.15, 0.2) is 24.3 Å². The summed E-state index contributed by atoms with van der Waals surface area (Å²) in [4.78, 5) is 11.5. The molecule has 0 radical (unpaired) electrons. The van der Waals surface area contributed by atoms with E-state index < -0.39 is 0 Å². The standard InChI is InChI=1S/C15H19NO/c1-3-4-7-12-16-15(17)11-10-14-9-6-5-8-13(14)2/h5-6,8-9H,7,10-12H2,1-2H3,(H,16,17). The number of carbonyl (C=O) groups is 1. The van der Waals surface area contributed by atoms with Gasteiger partial charge in [-0.05, 0) is 31.4 Å². The summed E-state index contributed by atoms with van der Waals surface area (Å²) in [6.07, 6.45) is 2.08. The van der Waals surface area contributed by atoms with Crippen molar-refractivity contribution in [2.24, 2.45) is 0 Å². The number of benzene rings is 1. The molecule has 0 aliphatic heterocycles. The van der Waals surface area contributed by atoms with E-state index in [2.05, 4.69) is 36.2 Å². The minimum absolute atomic E-state index is 0.103. The van der Waals surface area contributed by atoms with Gasteiger partial charge in [-0.3, -0.25) is 4.79 Å². The van der Waals surface area contributed by atoms with Crippen molar-refractivity contribution in [1.82, 2.24) is 5.32 Å². The van der Waals surface area contributed by atoms with Gasteiger partial charge in [0.25, 0.3) is 0 Å². The predicted molar refractivity (Wildman–Crippen MR) is 70.6 cm³/mol. The largest absolute Gasteiger partial charge is 0.355 e. The maximum Gasteiger partial charge on any atom is 0.220 e. The third kappa shape index (κ3) is 5.21. The van der Waals surface area contributed by atoms with Crippen LogP contribution in [-0.2, 0) is 11.2 Å². The molecule has 0 saturated heterocycles. The molecule has 0 unspecified atom stereocenters. The fourth-order valence-corrected chi connectivity index (χ4v) is 1.62. The van der Waals surface area contributed by atoms with Gasteiger partial charge in [-0.2, -0.15) is 0 Å². The van der Waals surface area contributed by atoms with Crippen LogP contribution in [0.1, 0.15) is 30.9 Å². The van der Waals surface area contributed by atoms with E-state index in [1.165, 1.54) is 11.1 Å². The molecule has 0 heterocycles. The Hall–Kier alpha value is -1.75. The number of nitrogens with one attached hydrogen (secondary N) is 1. The molecule has 0 aliphatic carbocycles. The summed E-state index contributed by atoms with van der Waals surface area (Å²) < 4.78 is 0. The van der Waals surface area contributed by atoms with Gasteiger partial charge in [-0.25, -0.2) is 0 Å². The van der Waals surface area contributed by atoms with Gasteiger partial charge < -0.3 is 5.32 Å². The fourth-order valence-electron chi connectivity index (χ4n) is 1.62. The van der Waals surface area contributed by atoms with Gasteiger partial charge in [0.2, 0.25) is 5.91 Å². The molecule has 1 rings (SSSR count). The molecule has 0 fully saturated rings. The maximum atomic E-state index is 11.5. The normalized spacial score (nSPS) is 9.29. The van der Waals surface area contributed by atoms with Gasteiger partial charge in [0.05, 0.1) is 0 Å². The molecule has 90 valence electrons. The summed E-state index contributed by atoms with van der Waals surface area (Å²) in [5.74, 6) is 5.83. The zero-order valence-corrected chi connectivity index (χ0v) is 10.5. The van der Waals surface area contributed by atoms with Crippen LogP contribution in [0.5, 0.6) is 0 Å². The minimum atomic E-state index is 0.103. The SMILES string of the molecule is CC#CCCNC(=O)CCc1ccccc1C. The Morgan fingerprint density at radius 2 is 2.12 bits per heavy atom. The molecule has 2 heteroatoms. The highest BCUT2D eigenvalue weighted by molar-refractivity contribution is 5.76. The zero-order chi connectivity index (χ0) is 12.5. The van der Waals surface area contributed by atoms with Crippen LogP contribution >= 0.6 is 0 Å². The Morgan fingerprint density at radius 1 is 1.35 bits per heavy atom. The van der Waals surface area contributed by atoms with Crippen molar-refractivity contribution in [3.8, 4) is 11.8 Å². The number of amides is 1. The van der Waals surface area contributed by atoms with Gasteiger partial charge in [-0.1, -0.05) is 24.3 Å². The number of carbonyl (C=O) groups excluding carboxylic acids is 1. The summed E-state index contributed by atoms with van der Waals surface area (Å²) in [5, 5.41) is 2.87. The molecule has 1 N–H and O–H groups in total. The summed E-state index contributed by atoms with van der Waals surface area (Å²) in [7, 11) is 0. The lowest BCUT2D eigenvalue weighted by molar-refractivity contribution is -0.121. The minimum Gasteiger partial charge on any atom is -0.355 e. The Morgan fingerprint density at radius 3 is 2.82 bits per heavy atom. The second kappa shape index (κ2) is 7.51. The first-order valence-electron chi connectivity index (χ1n) is 5.95. The fraction of sp³-hybridized carbons (Fsp3) is 0.400. The first-order chi connectivity index (χ1) is 8.24. The molecule has 0 aromatic heterocycles. The number of aryl methyl sites for hydroxylation is 2. The molecule has 0 bridgehead atoms. The highest BCUT2D eigenvalue weighted by atomic mass is 16.1. The summed E-state index contributed by atoms with van der Waals surface area (Å²) in [5.41, 5.74) is 2.49. The smallest absolute Gasteiger partial charge is 0.220 e. The van der Waals surface area contributed by atoms with E-state index in [0.717, 1.165) is 12.8 Å². The van der Waals surface area contributed by atoms with E-state index in [-0.39, 0.29) is 5.91 Å². The second-order valence-electron chi connectivity index (χ2n) is 3.95. The van der Waals surface area contributed by atoms with E-state index in [1.54, 1.807) is 6.92 Å².